The fourth-order valence-corrected chi connectivity index (χ4v) is 2.15. The first-order valence-electron chi connectivity index (χ1n) is 6.76. The molecule has 0 heterocycles. The minimum atomic E-state index is -0.218. The Kier molecular flexibility index (Phi) is 9.85. The van der Waals surface area contributed by atoms with E-state index in [1.165, 1.54) is 12.1 Å². The molecule has 2 aliphatic rings. The van der Waals surface area contributed by atoms with Gasteiger partial charge in [-0.05, 0) is 82.1 Å². The quantitative estimate of drug-likeness (QED) is 0.457. The standard InChI is InChI=1S/C14H10BrO2.C5H5.Fe/c15-11-6-8-14(17)12(9-11)13(16)7-5-10-3-1-2-4-10;1-2-4-5-3-1;/h1-9,17H;1-5H;/q;;+2/b7-5+;;. The molecule has 2 saturated carbocycles. The summed E-state index contributed by atoms with van der Waals surface area (Å²) < 4.78 is 0.764. The summed E-state index contributed by atoms with van der Waals surface area (Å²) in [5.41, 5.74) is 0.294. The molecule has 3 rings (SSSR count). The fourth-order valence-electron chi connectivity index (χ4n) is 1.79. The summed E-state index contributed by atoms with van der Waals surface area (Å²) in [4.78, 5) is 11.8. The molecular weight excluding hydrogens is 396 g/mol. The molecule has 1 N–H and O–H groups in total. The summed E-state index contributed by atoms with van der Waals surface area (Å²) >= 11 is 3.27. The van der Waals surface area contributed by atoms with Crippen LogP contribution in [-0.2, 0) is 17.1 Å². The van der Waals surface area contributed by atoms with Crippen LogP contribution in [0, 0.1) is 63.7 Å². The molecule has 0 spiro atoms. The van der Waals surface area contributed by atoms with Gasteiger partial charge in [0.05, 0.1) is 5.56 Å². The fraction of sp³-hybridized carbons (Fsp3) is 0. The number of hydrogen-bond acceptors (Lipinski definition) is 2. The number of halogens is 1. The van der Waals surface area contributed by atoms with Gasteiger partial charge in [-0.15, -0.1) is 0 Å². The van der Waals surface area contributed by atoms with Crippen molar-refractivity contribution < 1.29 is 27.0 Å². The van der Waals surface area contributed by atoms with Crippen LogP contribution >= 0.6 is 15.9 Å². The number of phenolic OH excluding ortho intramolecular Hbond substituents is 1. The number of rotatable bonds is 3. The van der Waals surface area contributed by atoms with Crippen LogP contribution in [0.15, 0.2) is 34.8 Å². The van der Waals surface area contributed by atoms with Crippen LogP contribution in [0.1, 0.15) is 10.4 Å². The Bertz CT molecular complexity index is 510. The maximum atomic E-state index is 11.8. The number of carbonyl (C=O) groups excluding carboxylic acids is 1. The minimum Gasteiger partial charge on any atom is -0.507 e. The van der Waals surface area contributed by atoms with Gasteiger partial charge in [0.15, 0.2) is 5.78 Å². The third-order valence-corrected chi connectivity index (χ3v) is 3.39. The van der Waals surface area contributed by atoms with Crippen molar-refractivity contribution in [1.29, 1.82) is 0 Å². The summed E-state index contributed by atoms with van der Waals surface area (Å²) in [6.07, 6.45) is 20.8. The predicted octanol–water partition coefficient (Wildman–Crippen LogP) is 4.32. The predicted molar refractivity (Wildman–Crippen MR) is 91.2 cm³/mol. The van der Waals surface area contributed by atoms with Crippen molar-refractivity contribution in [3.8, 4) is 5.75 Å². The molecule has 1 aromatic carbocycles. The van der Waals surface area contributed by atoms with Crippen molar-refractivity contribution in [2.45, 2.75) is 0 Å². The van der Waals surface area contributed by atoms with Crippen molar-refractivity contribution in [3.05, 3.63) is 104 Å². The van der Waals surface area contributed by atoms with Gasteiger partial charge in [0.25, 0.3) is 0 Å². The zero-order valence-corrected chi connectivity index (χ0v) is 14.9. The summed E-state index contributed by atoms with van der Waals surface area (Å²) in [6, 6.07) is 4.79. The van der Waals surface area contributed by atoms with Crippen molar-refractivity contribution in [2.24, 2.45) is 0 Å². The normalized spacial score (nSPS) is 17.6. The van der Waals surface area contributed by atoms with Gasteiger partial charge in [0.2, 0.25) is 0 Å². The Balaban J connectivity index is 0.000000377. The van der Waals surface area contributed by atoms with Gasteiger partial charge in [-0.2, -0.15) is 0 Å². The van der Waals surface area contributed by atoms with Gasteiger partial charge in [-0.25, -0.2) is 0 Å². The first kappa shape index (κ1) is 20.5. The largest absolute Gasteiger partial charge is 2.00 e. The molecule has 10 radical (unpaired) electrons. The van der Waals surface area contributed by atoms with Gasteiger partial charge in [0.1, 0.15) is 5.75 Å². The molecule has 1 aromatic rings. The van der Waals surface area contributed by atoms with E-state index in [9.17, 15) is 9.90 Å². The summed E-state index contributed by atoms with van der Waals surface area (Å²) in [5.74, 6) is 0.739. The zero-order valence-electron chi connectivity index (χ0n) is 12.2. The summed E-state index contributed by atoms with van der Waals surface area (Å²) in [6.45, 7) is 0. The Morgan fingerprint density at radius 2 is 1.52 bits per heavy atom. The van der Waals surface area contributed by atoms with Gasteiger partial charge in [-0.1, -0.05) is 22.0 Å². The number of ketones is 1. The van der Waals surface area contributed by atoms with Crippen LogP contribution in [0.25, 0.3) is 0 Å². The minimum absolute atomic E-state index is 0. The molecule has 0 amide bonds. The molecule has 23 heavy (non-hydrogen) atoms. The van der Waals surface area contributed by atoms with Gasteiger partial charge in [-0.3, -0.25) is 4.79 Å². The molecule has 4 heteroatoms. The molecule has 0 atom stereocenters. The second kappa shape index (κ2) is 11.1. The van der Waals surface area contributed by atoms with Crippen LogP contribution in [-0.4, -0.2) is 10.9 Å². The number of carbonyl (C=O) groups is 1. The van der Waals surface area contributed by atoms with Gasteiger partial charge in [0, 0.05) is 10.4 Å². The van der Waals surface area contributed by atoms with Crippen molar-refractivity contribution in [2.75, 3.05) is 0 Å². The Hall–Kier alpha value is -0.571. The third kappa shape index (κ3) is 7.24. The molecule has 0 unspecified atom stereocenters. The molecule has 116 valence electrons. The second-order valence-electron chi connectivity index (χ2n) is 4.54. The number of benzene rings is 1. The van der Waals surface area contributed by atoms with E-state index in [4.69, 9.17) is 0 Å². The molecular formula is C19H15BrFeO2+2. The van der Waals surface area contributed by atoms with E-state index in [0.29, 0.717) is 5.56 Å². The van der Waals surface area contributed by atoms with E-state index in [1.807, 2.05) is 57.8 Å². The van der Waals surface area contributed by atoms with Gasteiger partial charge < -0.3 is 5.11 Å². The van der Waals surface area contributed by atoms with Crippen molar-refractivity contribution >= 4 is 21.7 Å². The zero-order chi connectivity index (χ0) is 15.8. The van der Waals surface area contributed by atoms with Crippen molar-refractivity contribution in [3.63, 3.8) is 0 Å². The molecule has 0 aliphatic heterocycles. The topological polar surface area (TPSA) is 37.3 Å². The molecule has 2 aliphatic carbocycles. The number of allylic oxidation sites excluding steroid dienone is 2. The number of hydrogen-bond donors (Lipinski definition) is 1. The van der Waals surface area contributed by atoms with Crippen LogP contribution in [0.5, 0.6) is 5.75 Å². The van der Waals surface area contributed by atoms with Crippen molar-refractivity contribution in [1.82, 2.24) is 0 Å². The van der Waals surface area contributed by atoms with E-state index in [-0.39, 0.29) is 28.6 Å². The van der Waals surface area contributed by atoms with Gasteiger partial charge >= 0.3 is 17.1 Å². The van der Waals surface area contributed by atoms with E-state index < -0.39 is 0 Å². The van der Waals surface area contributed by atoms with Crippen LogP contribution in [0.2, 0.25) is 0 Å². The molecule has 2 fully saturated rings. The second-order valence-corrected chi connectivity index (χ2v) is 5.46. The van der Waals surface area contributed by atoms with Crippen LogP contribution in [0.4, 0.5) is 0 Å². The van der Waals surface area contributed by atoms with Crippen LogP contribution < -0.4 is 0 Å². The number of phenols is 1. The third-order valence-electron chi connectivity index (χ3n) is 2.90. The molecule has 0 bridgehead atoms. The number of aromatic hydroxyl groups is 1. The van der Waals surface area contributed by atoms with E-state index in [2.05, 4.69) is 15.9 Å². The molecule has 2 nitrogen and oxygen atoms in total. The summed E-state index contributed by atoms with van der Waals surface area (Å²) in [7, 11) is 0. The Morgan fingerprint density at radius 1 is 0.957 bits per heavy atom. The summed E-state index contributed by atoms with van der Waals surface area (Å²) in [5, 5.41) is 9.59. The molecule has 0 saturated heterocycles. The Morgan fingerprint density at radius 3 is 2.09 bits per heavy atom. The maximum Gasteiger partial charge on any atom is 2.00 e. The van der Waals surface area contributed by atoms with E-state index in [0.717, 1.165) is 10.4 Å². The monoisotopic (exact) mass is 410 g/mol. The SMILES string of the molecule is O=C(/C=C/[C]1[CH][CH][CH][CH]1)c1cc(Br)ccc1O.[CH]1[CH][CH][CH][CH]1.[Fe+2]. The Labute approximate surface area is 158 Å². The van der Waals surface area contributed by atoms with Crippen LogP contribution in [0.3, 0.4) is 0 Å². The average Bonchev–Trinajstić information content (AvgIpc) is 3.23. The smallest absolute Gasteiger partial charge is 0.507 e. The average molecular weight is 411 g/mol. The maximum absolute atomic E-state index is 11.8. The molecule has 0 aromatic heterocycles. The first-order chi connectivity index (χ1) is 10.7. The first-order valence-corrected chi connectivity index (χ1v) is 7.55. The van der Waals surface area contributed by atoms with E-state index in [1.54, 1.807) is 18.2 Å². The van der Waals surface area contributed by atoms with E-state index >= 15 is 0 Å².